The summed E-state index contributed by atoms with van der Waals surface area (Å²) in [4.78, 5) is 16.7. The number of hydrogen-bond donors (Lipinski definition) is 2. The van der Waals surface area contributed by atoms with Gasteiger partial charge in [0.2, 0.25) is 0 Å². The van der Waals surface area contributed by atoms with Gasteiger partial charge in [-0.05, 0) is 38.1 Å². The quantitative estimate of drug-likeness (QED) is 0.853. The first-order chi connectivity index (χ1) is 10.5. The van der Waals surface area contributed by atoms with Crippen LogP contribution in [0, 0.1) is 19.7 Å². The van der Waals surface area contributed by atoms with Gasteiger partial charge in [0.05, 0.1) is 10.7 Å². The smallest absolute Gasteiger partial charge is 0.263 e. The number of ether oxygens (including phenoxy) is 1. The average Bonchev–Trinajstić information content (AvgIpc) is 2.83. The van der Waals surface area contributed by atoms with Gasteiger partial charge in [0, 0.05) is 6.54 Å². The number of hydrogen-bond acceptors (Lipinski definition) is 5. The van der Waals surface area contributed by atoms with Crippen LogP contribution >= 0.6 is 11.3 Å². The number of amides is 1. The highest BCUT2D eigenvalue weighted by molar-refractivity contribution is 7.13. The lowest BCUT2D eigenvalue weighted by Crippen LogP contribution is -2.35. The van der Waals surface area contributed by atoms with E-state index in [2.05, 4.69) is 10.3 Å². The van der Waals surface area contributed by atoms with Crippen molar-refractivity contribution >= 4 is 17.2 Å². The molecule has 0 saturated carbocycles. The molecule has 0 spiro atoms. The Labute approximate surface area is 131 Å². The van der Waals surface area contributed by atoms with E-state index in [0.717, 1.165) is 5.01 Å². The molecule has 1 aromatic heterocycles. The maximum atomic E-state index is 12.7. The molecule has 1 atom stereocenters. The van der Waals surface area contributed by atoms with Gasteiger partial charge in [-0.2, -0.15) is 0 Å². The van der Waals surface area contributed by atoms with Crippen LogP contribution in [0.4, 0.5) is 4.39 Å². The number of nitrogens with one attached hydrogen (secondary N) is 1. The predicted molar refractivity (Wildman–Crippen MR) is 81.8 cm³/mol. The van der Waals surface area contributed by atoms with E-state index in [0.29, 0.717) is 16.3 Å². The van der Waals surface area contributed by atoms with Gasteiger partial charge in [-0.3, -0.25) is 4.79 Å². The molecule has 0 aliphatic heterocycles. The van der Waals surface area contributed by atoms with Crippen molar-refractivity contribution in [3.8, 4) is 5.75 Å². The van der Waals surface area contributed by atoms with Crippen molar-refractivity contribution in [3.63, 3.8) is 0 Å². The minimum absolute atomic E-state index is 0.00656. The highest BCUT2D eigenvalue weighted by Gasteiger charge is 2.15. The number of nitrogens with zero attached hydrogens (tertiary/aromatic N) is 1. The third-order valence-electron chi connectivity index (χ3n) is 2.86. The lowest BCUT2D eigenvalue weighted by molar-refractivity contribution is 0.0846. The Hall–Kier alpha value is -1.99. The fraction of sp³-hybridized carbons (Fsp3) is 0.333. The van der Waals surface area contributed by atoms with E-state index in [1.807, 2.05) is 6.92 Å². The summed E-state index contributed by atoms with van der Waals surface area (Å²) < 4.78 is 18.0. The van der Waals surface area contributed by atoms with E-state index in [-0.39, 0.29) is 24.9 Å². The first-order valence-corrected chi connectivity index (χ1v) is 7.56. The minimum atomic E-state index is -0.858. The Balaban J connectivity index is 1.77. The second-order valence-electron chi connectivity index (χ2n) is 4.78. The van der Waals surface area contributed by atoms with Gasteiger partial charge in [-0.15, -0.1) is 11.3 Å². The Morgan fingerprint density at radius 2 is 2.09 bits per heavy atom. The highest BCUT2D eigenvalue weighted by atomic mass is 32.1. The summed E-state index contributed by atoms with van der Waals surface area (Å²) in [6.07, 6.45) is -0.858. The number of thiazole rings is 1. The monoisotopic (exact) mass is 324 g/mol. The molecule has 0 radical (unpaired) electrons. The molecule has 0 fully saturated rings. The molecule has 1 unspecified atom stereocenters. The van der Waals surface area contributed by atoms with Gasteiger partial charge >= 0.3 is 0 Å². The summed E-state index contributed by atoms with van der Waals surface area (Å²) in [5.74, 6) is -0.153. The van der Waals surface area contributed by atoms with Crippen molar-refractivity contribution in [1.29, 1.82) is 0 Å². The molecule has 22 heavy (non-hydrogen) atoms. The summed E-state index contributed by atoms with van der Waals surface area (Å²) in [7, 11) is 0. The molecular formula is C15H17FN2O3S. The SMILES string of the molecule is Cc1nc(C)c(C(=O)NCC(O)COc2ccc(F)cc2)s1. The van der Waals surface area contributed by atoms with Crippen LogP contribution < -0.4 is 10.1 Å². The molecule has 1 amide bonds. The van der Waals surface area contributed by atoms with E-state index in [1.54, 1.807) is 6.92 Å². The van der Waals surface area contributed by atoms with Crippen molar-refractivity contribution in [3.05, 3.63) is 45.7 Å². The number of aryl methyl sites for hydroxylation is 2. The maximum absolute atomic E-state index is 12.7. The topological polar surface area (TPSA) is 71.5 Å². The van der Waals surface area contributed by atoms with Crippen LogP contribution in [0.2, 0.25) is 0 Å². The fourth-order valence-electron chi connectivity index (χ4n) is 1.81. The molecule has 118 valence electrons. The third-order valence-corrected chi connectivity index (χ3v) is 3.94. The molecule has 0 aliphatic rings. The molecule has 0 aliphatic carbocycles. The van der Waals surface area contributed by atoms with E-state index in [9.17, 15) is 14.3 Å². The largest absolute Gasteiger partial charge is 0.491 e. The van der Waals surface area contributed by atoms with Crippen LogP contribution in [0.3, 0.4) is 0 Å². The number of aromatic nitrogens is 1. The number of carbonyl (C=O) groups is 1. The molecule has 2 N–H and O–H groups in total. The highest BCUT2D eigenvalue weighted by Crippen LogP contribution is 2.16. The second kappa shape index (κ2) is 7.33. The first kappa shape index (κ1) is 16.4. The molecule has 1 heterocycles. The molecule has 2 aromatic rings. The maximum Gasteiger partial charge on any atom is 0.263 e. The van der Waals surface area contributed by atoms with Crippen LogP contribution in [0.25, 0.3) is 0 Å². The predicted octanol–water partition coefficient (Wildman–Crippen LogP) is 2.07. The molecule has 2 rings (SSSR count). The van der Waals surface area contributed by atoms with Crippen LogP contribution in [0.1, 0.15) is 20.4 Å². The Morgan fingerprint density at radius 1 is 1.41 bits per heavy atom. The lowest BCUT2D eigenvalue weighted by Gasteiger charge is -2.13. The third kappa shape index (κ3) is 4.51. The van der Waals surface area contributed by atoms with Crippen molar-refractivity contribution in [2.45, 2.75) is 20.0 Å². The Bertz CT molecular complexity index is 643. The second-order valence-corrected chi connectivity index (χ2v) is 5.98. The number of aliphatic hydroxyl groups is 1. The standard InChI is InChI=1S/C15H17FN2O3S/c1-9-14(22-10(2)18-9)15(20)17-7-12(19)8-21-13-5-3-11(16)4-6-13/h3-6,12,19H,7-8H2,1-2H3,(H,17,20). The summed E-state index contributed by atoms with van der Waals surface area (Å²) in [6, 6.07) is 5.50. The van der Waals surface area contributed by atoms with Crippen molar-refractivity contribution in [2.75, 3.05) is 13.2 Å². The first-order valence-electron chi connectivity index (χ1n) is 6.74. The normalized spacial score (nSPS) is 12.0. The van der Waals surface area contributed by atoms with Gasteiger partial charge in [0.15, 0.2) is 0 Å². The number of halogens is 1. The molecule has 1 aromatic carbocycles. The zero-order valence-electron chi connectivity index (χ0n) is 12.3. The molecule has 5 nitrogen and oxygen atoms in total. The van der Waals surface area contributed by atoms with E-state index in [1.165, 1.54) is 35.6 Å². The average molecular weight is 324 g/mol. The minimum Gasteiger partial charge on any atom is -0.491 e. The number of aliphatic hydroxyl groups excluding tert-OH is 1. The van der Waals surface area contributed by atoms with E-state index in [4.69, 9.17) is 4.74 Å². The molecule has 0 bridgehead atoms. The number of carbonyl (C=O) groups excluding carboxylic acids is 1. The summed E-state index contributed by atoms with van der Waals surface area (Å²) >= 11 is 1.31. The summed E-state index contributed by atoms with van der Waals surface area (Å²) in [5.41, 5.74) is 0.678. The van der Waals surface area contributed by atoms with Crippen LogP contribution in [-0.4, -0.2) is 35.3 Å². The van der Waals surface area contributed by atoms with Gasteiger partial charge in [0.1, 0.15) is 29.2 Å². The van der Waals surface area contributed by atoms with Crippen molar-refractivity contribution < 1.29 is 19.0 Å². The van der Waals surface area contributed by atoms with E-state index >= 15 is 0 Å². The van der Waals surface area contributed by atoms with E-state index < -0.39 is 6.10 Å². The van der Waals surface area contributed by atoms with Gasteiger partial charge in [-0.1, -0.05) is 0 Å². The fourth-order valence-corrected chi connectivity index (χ4v) is 2.65. The van der Waals surface area contributed by atoms with Gasteiger partial charge < -0.3 is 15.2 Å². The summed E-state index contributed by atoms with van der Waals surface area (Å²) in [5, 5.41) is 13.3. The van der Waals surface area contributed by atoms with Crippen LogP contribution in [0.15, 0.2) is 24.3 Å². The zero-order valence-corrected chi connectivity index (χ0v) is 13.1. The Morgan fingerprint density at radius 3 is 2.68 bits per heavy atom. The van der Waals surface area contributed by atoms with Crippen molar-refractivity contribution in [1.82, 2.24) is 10.3 Å². The van der Waals surface area contributed by atoms with Gasteiger partial charge in [0.25, 0.3) is 5.91 Å². The lowest BCUT2D eigenvalue weighted by atomic mass is 10.3. The molecular weight excluding hydrogens is 307 g/mol. The van der Waals surface area contributed by atoms with Crippen LogP contribution in [-0.2, 0) is 0 Å². The van der Waals surface area contributed by atoms with Gasteiger partial charge in [-0.25, -0.2) is 9.37 Å². The van der Waals surface area contributed by atoms with Crippen LogP contribution in [0.5, 0.6) is 5.75 Å². The summed E-state index contributed by atoms with van der Waals surface area (Å²) in [6.45, 7) is 3.68. The van der Waals surface area contributed by atoms with Crippen molar-refractivity contribution in [2.24, 2.45) is 0 Å². The Kier molecular flexibility index (Phi) is 5.46. The molecule has 0 saturated heterocycles. The number of rotatable bonds is 6. The molecule has 7 heteroatoms. The number of benzene rings is 1. The zero-order chi connectivity index (χ0) is 16.1.